The molecule has 0 aliphatic heterocycles. The van der Waals surface area contributed by atoms with Crippen molar-refractivity contribution in [2.45, 2.75) is 57.0 Å². The van der Waals surface area contributed by atoms with Gasteiger partial charge in [0, 0.05) is 7.11 Å². The highest BCUT2D eigenvalue weighted by atomic mass is 19.3. The van der Waals surface area contributed by atoms with Gasteiger partial charge < -0.3 is 14.4 Å². The van der Waals surface area contributed by atoms with E-state index in [1.807, 2.05) is 19.1 Å². The molecule has 0 bridgehead atoms. The van der Waals surface area contributed by atoms with E-state index in [4.69, 9.17) is 14.4 Å². The molecule has 3 aromatic rings. The van der Waals surface area contributed by atoms with Gasteiger partial charge in [0.1, 0.15) is 5.69 Å². The Bertz CT molecular complexity index is 1130. The minimum atomic E-state index is -2.61. The molecule has 0 amide bonds. The SMILES string of the molecule is COC1(C(=O)O)CC(C)C1.Cc1ccccc1C1(c2noc(-c3cc(C(F)F)[nH]n3)n2)CC1. The van der Waals surface area contributed by atoms with E-state index in [1.165, 1.54) is 24.3 Å². The van der Waals surface area contributed by atoms with Crippen molar-refractivity contribution in [1.29, 1.82) is 0 Å². The van der Waals surface area contributed by atoms with Crippen LogP contribution in [0.25, 0.3) is 11.6 Å². The largest absolute Gasteiger partial charge is 0.479 e. The standard InChI is InChI=1S/C16H14F2N4O.C7H12O3/c1-9-4-2-3-5-10(9)16(6-7-16)15-19-14(23-22-15)12-8-11(13(17)18)20-21-12;1-5-3-7(4-5,10-2)6(8)9/h2-5,8,13H,6-7H2,1H3,(H,20,21);5H,3-4H2,1-2H3,(H,8,9). The molecule has 5 rings (SSSR count). The summed E-state index contributed by atoms with van der Waals surface area (Å²) in [7, 11) is 1.46. The summed E-state index contributed by atoms with van der Waals surface area (Å²) in [6.07, 6.45) is 0.581. The lowest BCUT2D eigenvalue weighted by Gasteiger charge is -2.41. The van der Waals surface area contributed by atoms with Gasteiger partial charge in [0.25, 0.3) is 12.3 Å². The van der Waals surface area contributed by atoms with Crippen LogP contribution in [-0.4, -0.2) is 44.1 Å². The van der Waals surface area contributed by atoms with Gasteiger partial charge in [0.15, 0.2) is 17.1 Å². The molecule has 0 radical (unpaired) electrons. The number of nitrogens with zero attached hydrogens (tertiary/aromatic N) is 3. The van der Waals surface area contributed by atoms with Gasteiger partial charge in [-0.05, 0) is 55.7 Å². The summed E-state index contributed by atoms with van der Waals surface area (Å²) in [5.41, 5.74) is 1.26. The Labute approximate surface area is 189 Å². The van der Waals surface area contributed by atoms with Crippen LogP contribution in [0.4, 0.5) is 8.78 Å². The van der Waals surface area contributed by atoms with E-state index in [9.17, 15) is 13.6 Å². The first-order chi connectivity index (χ1) is 15.7. The van der Waals surface area contributed by atoms with Gasteiger partial charge in [-0.2, -0.15) is 10.1 Å². The van der Waals surface area contributed by atoms with Crippen LogP contribution < -0.4 is 0 Å². The highest BCUT2D eigenvalue weighted by Crippen LogP contribution is 2.53. The van der Waals surface area contributed by atoms with Crippen LogP contribution in [0, 0.1) is 12.8 Å². The molecular weight excluding hydrogens is 434 g/mol. The van der Waals surface area contributed by atoms with E-state index in [-0.39, 0.29) is 22.7 Å². The number of H-pyrrole nitrogens is 1. The molecule has 0 unspecified atom stereocenters. The van der Waals surface area contributed by atoms with Gasteiger partial charge in [-0.25, -0.2) is 13.6 Å². The van der Waals surface area contributed by atoms with Crippen LogP contribution in [0.15, 0.2) is 34.9 Å². The maximum atomic E-state index is 12.6. The molecule has 2 saturated carbocycles. The minimum Gasteiger partial charge on any atom is -0.479 e. The number of aliphatic carboxylic acids is 1. The highest BCUT2D eigenvalue weighted by molar-refractivity contribution is 5.78. The summed E-state index contributed by atoms with van der Waals surface area (Å²) in [6.45, 7) is 4.08. The summed E-state index contributed by atoms with van der Waals surface area (Å²) in [5.74, 6) is 0.413. The third-order valence-electron chi connectivity index (χ3n) is 6.45. The Morgan fingerprint density at radius 3 is 2.48 bits per heavy atom. The number of carbonyl (C=O) groups is 1. The van der Waals surface area contributed by atoms with Gasteiger partial charge in [-0.1, -0.05) is 36.3 Å². The number of aromatic amines is 1. The summed E-state index contributed by atoms with van der Waals surface area (Å²) >= 11 is 0. The second-order valence-electron chi connectivity index (χ2n) is 8.85. The number of hydrogen-bond donors (Lipinski definition) is 2. The molecule has 33 heavy (non-hydrogen) atoms. The molecule has 0 atom stereocenters. The van der Waals surface area contributed by atoms with Crippen molar-refractivity contribution >= 4 is 5.97 Å². The molecule has 2 fully saturated rings. The van der Waals surface area contributed by atoms with Crippen LogP contribution in [0.3, 0.4) is 0 Å². The molecule has 10 heteroatoms. The van der Waals surface area contributed by atoms with E-state index in [1.54, 1.807) is 0 Å². The smallest absolute Gasteiger partial charge is 0.335 e. The lowest BCUT2D eigenvalue weighted by atomic mass is 9.72. The Hall–Kier alpha value is -3.14. The first-order valence-corrected chi connectivity index (χ1v) is 10.7. The first-order valence-electron chi connectivity index (χ1n) is 10.7. The van der Waals surface area contributed by atoms with E-state index < -0.39 is 18.0 Å². The maximum Gasteiger partial charge on any atom is 0.335 e. The van der Waals surface area contributed by atoms with Crippen LogP contribution in [0.2, 0.25) is 0 Å². The lowest BCUT2D eigenvalue weighted by Crippen LogP contribution is -2.51. The molecule has 1 aromatic carbocycles. The third-order valence-corrected chi connectivity index (χ3v) is 6.45. The Morgan fingerprint density at radius 2 is 2.00 bits per heavy atom. The van der Waals surface area contributed by atoms with Gasteiger partial charge in [-0.15, -0.1) is 0 Å². The lowest BCUT2D eigenvalue weighted by molar-refractivity contribution is -0.179. The number of halogens is 2. The molecule has 2 aliphatic carbocycles. The van der Waals surface area contributed by atoms with Crippen LogP contribution in [0.1, 0.15) is 61.7 Å². The van der Waals surface area contributed by atoms with E-state index >= 15 is 0 Å². The number of carboxylic acid groups (broad SMARTS) is 1. The number of methoxy groups -OCH3 is 1. The molecule has 2 heterocycles. The zero-order chi connectivity index (χ0) is 23.8. The van der Waals surface area contributed by atoms with E-state index in [2.05, 4.69) is 39.4 Å². The second-order valence-corrected chi connectivity index (χ2v) is 8.85. The zero-order valence-corrected chi connectivity index (χ0v) is 18.6. The number of nitrogens with one attached hydrogen (secondary N) is 1. The highest BCUT2D eigenvalue weighted by Gasteiger charge is 2.51. The molecule has 0 spiro atoms. The van der Waals surface area contributed by atoms with Crippen molar-refractivity contribution in [3.63, 3.8) is 0 Å². The van der Waals surface area contributed by atoms with Gasteiger partial charge in [0.2, 0.25) is 0 Å². The topological polar surface area (TPSA) is 114 Å². The zero-order valence-electron chi connectivity index (χ0n) is 18.6. The second kappa shape index (κ2) is 8.66. The van der Waals surface area contributed by atoms with Crippen molar-refractivity contribution < 1.29 is 27.9 Å². The van der Waals surface area contributed by atoms with Gasteiger partial charge >= 0.3 is 5.97 Å². The molecule has 2 N–H and O–H groups in total. The number of carboxylic acids is 1. The Balaban J connectivity index is 0.000000219. The minimum absolute atomic E-state index is 0.156. The number of ether oxygens (including phenoxy) is 1. The summed E-state index contributed by atoms with van der Waals surface area (Å²) in [5, 5.41) is 18.8. The molecular formula is C23H26F2N4O4. The third kappa shape index (κ3) is 4.27. The number of aromatic nitrogens is 4. The number of hydrogen-bond acceptors (Lipinski definition) is 6. The van der Waals surface area contributed by atoms with Gasteiger partial charge in [-0.3, -0.25) is 5.10 Å². The van der Waals surface area contributed by atoms with Crippen molar-refractivity contribution in [2.24, 2.45) is 5.92 Å². The van der Waals surface area contributed by atoms with Crippen LogP contribution >= 0.6 is 0 Å². The fourth-order valence-electron chi connectivity index (χ4n) is 4.42. The molecule has 176 valence electrons. The van der Waals surface area contributed by atoms with Crippen molar-refractivity contribution in [3.05, 3.63) is 53.0 Å². The predicted octanol–water partition coefficient (Wildman–Crippen LogP) is 4.67. The average Bonchev–Trinajstić information content (AvgIpc) is 3.18. The number of alkyl halides is 2. The van der Waals surface area contributed by atoms with Crippen LogP contribution in [0.5, 0.6) is 0 Å². The predicted molar refractivity (Wildman–Crippen MR) is 114 cm³/mol. The molecule has 2 aliphatic rings. The number of aryl methyl sites for hydroxylation is 1. The first kappa shape index (κ1) is 23.0. The Morgan fingerprint density at radius 1 is 1.30 bits per heavy atom. The summed E-state index contributed by atoms with van der Waals surface area (Å²) in [4.78, 5) is 15.0. The van der Waals surface area contributed by atoms with Crippen molar-refractivity contribution in [2.75, 3.05) is 7.11 Å². The quantitative estimate of drug-likeness (QED) is 0.549. The van der Waals surface area contributed by atoms with Crippen LogP contribution in [-0.2, 0) is 14.9 Å². The fourth-order valence-corrected chi connectivity index (χ4v) is 4.42. The monoisotopic (exact) mass is 460 g/mol. The molecule has 0 saturated heterocycles. The van der Waals surface area contributed by atoms with Crippen molar-refractivity contribution in [1.82, 2.24) is 20.3 Å². The summed E-state index contributed by atoms with van der Waals surface area (Å²) in [6, 6.07) is 9.34. The molecule has 8 nitrogen and oxygen atoms in total. The van der Waals surface area contributed by atoms with Gasteiger partial charge in [0.05, 0.1) is 5.41 Å². The Kier molecular flexibility index (Phi) is 6.04. The van der Waals surface area contributed by atoms with E-state index in [0.717, 1.165) is 12.8 Å². The maximum absolute atomic E-state index is 12.6. The molecule has 2 aromatic heterocycles. The normalized spacial score (nSPS) is 22.9. The summed E-state index contributed by atoms with van der Waals surface area (Å²) < 4.78 is 35.4. The number of benzene rings is 1. The van der Waals surface area contributed by atoms with E-state index in [0.29, 0.717) is 24.6 Å². The fraction of sp³-hybridized carbons (Fsp3) is 0.478. The number of rotatable bonds is 6. The average molecular weight is 460 g/mol. The van der Waals surface area contributed by atoms with Crippen molar-refractivity contribution in [3.8, 4) is 11.6 Å².